The predicted molar refractivity (Wildman–Crippen MR) is 89.1 cm³/mol. The zero-order valence-electron chi connectivity index (χ0n) is 13.8. The van der Waals surface area contributed by atoms with Crippen molar-refractivity contribution in [2.45, 2.75) is 39.3 Å². The van der Waals surface area contributed by atoms with Crippen LogP contribution in [0.1, 0.15) is 27.2 Å². The van der Waals surface area contributed by atoms with Crippen LogP contribution in [0.2, 0.25) is 0 Å². The number of rotatable bonds is 4. The molecule has 0 saturated carbocycles. The van der Waals surface area contributed by atoms with Gasteiger partial charge in [0.25, 0.3) is 5.69 Å². The second kappa shape index (κ2) is 6.64. The number of likely N-dealkylation sites (tertiary alicyclic amines) is 1. The molecule has 23 heavy (non-hydrogen) atoms. The van der Waals surface area contributed by atoms with E-state index in [-0.39, 0.29) is 34.8 Å². The van der Waals surface area contributed by atoms with E-state index in [9.17, 15) is 14.9 Å². The van der Waals surface area contributed by atoms with Crippen molar-refractivity contribution in [3.05, 3.63) is 34.4 Å². The summed E-state index contributed by atoms with van der Waals surface area (Å²) in [5.41, 5.74) is 6.18. The first-order valence-corrected chi connectivity index (χ1v) is 7.76. The van der Waals surface area contributed by atoms with E-state index in [4.69, 9.17) is 5.73 Å². The molecule has 1 saturated heterocycles. The van der Waals surface area contributed by atoms with Crippen molar-refractivity contribution in [1.82, 2.24) is 4.90 Å². The molecule has 1 aromatic rings. The third kappa shape index (κ3) is 3.86. The summed E-state index contributed by atoms with van der Waals surface area (Å²) in [6.45, 7) is 7.47. The summed E-state index contributed by atoms with van der Waals surface area (Å²) in [7, 11) is 0. The van der Waals surface area contributed by atoms with Gasteiger partial charge in [-0.25, -0.2) is 0 Å². The maximum absolute atomic E-state index is 12.5. The molecule has 1 aliphatic rings. The lowest BCUT2D eigenvalue weighted by atomic mass is 9.79. The van der Waals surface area contributed by atoms with Crippen LogP contribution in [-0.2, 0) is 4.79 Å². The van der Waals surface area contributed by atoms with E-state index < -0.39 is 4.92 Å². The highest BCUT2D eigenvalue weighted by molar-refractivity contribution is 5.96. The number of benzene rings is 1. The van der Waals surface area contributed by atoms with E-state index in [0.717, 1.165) is 19.5 Å². The number of para-hydroxylation sites is 2. The van der Waals surface area contributed by atoms with E-state index in [1.165, 1.54) is 6.07 Å². The van der Waals surface area contributed by atoms with Crippen molar-refractivity contribution < 1.29 is 9.72 Å². The van der Waals surface area contributed by atoms with Crippen molar-refractivity contribution >= 4 is 17.3 Å². The van der Waals surface area contributed by atoms with Gasteiger partial charge in [0.2, 0.25) is 5.91 Å². The topological polar surface area (TPSA) is 101 Å². The minimum Gasteiger partial charge on any atom is -0.327 e. The molecule has 0 bridgehead atoms. The van der Waals surface area contributed by atoms with Crippen LogP contribution in [0.3, 0.4) is 0 Å². The number of nitrogens with one attached hydrogen (secondary N) is 1. The Morgan fingerprint density at radius 1 is 1.48 bits per heavy atom. The third-order valence-electron chi connectivity index (χ3n) is 4.63. The summed E-state index contributed by atoms with van der Waals surface area (Å²) in [6.07, 6.45) is 0.829. The summed E-state index contributed by atoms with van der Waals surface area (Å²) in [5.74, 6) is -0.245. The van der Waals surface area contributed by atoms with Crippen molar-refractivity contribution in [3.63, 3.8) is 0 Å². The zero-order chi connectivity index (χ0) is 17.2. The second-order valence-electron chi connectivity index (χ2n) is 6.79. The van der Waals surface area contributed by atoms with Crippen molar-refractivity contribution in [2.75, 3.05) is 18.4 Å². The Balaban J connectivity index is 2.08. The van der Waals surface area contributed by atoms with E-state index >= 15 is 0 Å². The zero-order valence-corrected chi connectivity index (χ0v) is 13.8. The minimum absolute atomic E-state index is 0.0640. The lowest BCUT2D eigenvalue weighted by Gasteiger charge is -2.44. The van der Waals surface area contributed by atoms with Gasteiger partial charge in [0, 0.05) is 25.2 Å². The summed E-state index contributed by atoms with van der Waals surface area (Å²) in [6, 6.07) is 5.90. The van der Waals surface area contributed by atoms with Gasteiger partial charge in [-0.05, 0) is 24.8 Å². The molecule has 2 rings (SSSR count). The molecular formula is C16H24N4O3. The van der Waals surface area contributed by atoms with Gasteiger partial charge in [-0.3, -0.25) is 19.8 Å². The third-order valence-corrected chi connectivity index (χ3v) is 4.63. The molecule has 1 amide bonds. The highest BCUT2D eigenvalue weighted by Gasteiger charge is 2.36. The Kier molecular flexibility index (Phi) is 5.01. The molecule has 1 heterocycles. The molecule has 0 aromatic heterocycles. The van der Waals surface area contributed by atoms with Crippen molar-refractivity contribution in [3.8, 4) is 0 Å². The number of hydrogen-bond acceptors (Lipinski definition) is 5. The molecular weight excluding hydrogens is 296 g/mol. The Bertz CT molecular complexity index is 603. The fourth-order valence-electron chi connectivity index (χ4n) is 2.89. The van der Waals surface area contributed by atoms with Gasteiger partial charge in [0.05, 0.1) is 11.0 Å². The highest BCUT2D eigenvalue weighted by Crippen LogP contribution is 2.29. The molecule has 0 aliphatic carbocycles. The number of hydrogen-bond donors (Lipinski definition) is 2. The summed E-state index contributed by atoms with van der Waals surface area (Å²) in [5, 5.41) is 13.7. The molecule has 1 aromatic carbocycles. The number of nitro benzene ring substituents is 1. The maximum Gasteiger partial charge on any atom is 0.292 e. The van der Waals surface area contributed by atoms with E-state index in [2.05, 4.69) is 24.1 Å². The van der Waals surface area contributed by atoms with Crippen LogP contribution in [0.25, 0.3) is 0 Å². The first-order valence-electron chi connectivity index (χ1n) is 7.76. The normalized spacial score (nSPS) is 22.3. The van der Waals surface area contributed by atoms with Crippen molar-refractivity contribution in [1.29, 1.82) is 0 Å². The van der Waals surface area contributed by atoms with Crippen LogP contribution in [0, 0.1) is 15.5 Å². The number of nitrogens with two attached hydrogens (primary N) is 1. The number of anilines is 1. The Labute approximate surface area is 136 Å². The molecule has 0 spiro atoms. The number of carbonyl (C=O) groups excluding carboxylic acids is 1. The molecule has 1 fully saturated rings. The average Bonchev–Trinajstić information content (AvgIpc) is 2.49. The fourth-order valence-corrected chi connectivity index (χ4v) is 2.89. The number of piperidine rings is 1. The van der Waals surface area contributed by atoms with Crippen LogP contribution in [0.15, 0.2) is 24.3 Å². The van der Waals surface area contributed by atoms with Gasteiger partial charge >= 0.3 is 0 Å². The molecule has 2 unspecified atom stereocenters. The Hall–Kier alpha value is -1.99. The van der Waals surface area contributed by atoms with Crippen LogP contribution in [0.4, 0.5) is 11.4 Å². The van der Waals surface area contributed by atoms with Crippen LogP contribution in [0.5, 0.6) is 0 Å². The molecule has 0 radical (unpaired) electrons. The minimum atomic E-state index is -0.497. The van der Waals surface area contributed by atoms with Gasteiger partial charge in [-0.15, -0.1) is 0 Å². The summed E-state index contributed by atoms with van der Waals surface area (Å²) in [4.78, 5) is 25.1. The van der Waals surface area contributed by atoms with Crippen LogP contribution < -0.4 is 11.1 Å². The second-order valence-corrected chi connectivity index (χ2v) is 6.79. The molecule has 2 atom stereocenters. The summed E-state index contributed by atoms with van der Waals surface area (Å²) < 4.78 is 0. The van der Waals surface area contributed by atoms with Gasteiger partial charge in [0.1, 0.15) is 5.69 Å². The summed E-state index contributed by atoms with van der Waals surface area (Å²) >= 11 is 0. The maximum atomic E-state index is 12.5. The first kappa shape index (κ1) is 17.4. The van der Waals surface area contributed by atoms with Crippen LogP contribution in [-0.4, -0.2) is 40.9 Å². The van der Waals surface area contributed by atoms with Crippen molar-refractivity contribution in [2.24, 2.45) is 11.1 Å². The smallest absolute Gasteiger partial charge is 0.292 e. The highest BCUT2D eigenvalue weighted by atomic mass is 16.6. The monoisotopic (exact) mass is 320 g/mol. The fraction of sp³-hybridized carbons (Fsp3) is 0.562. The Morgan fingerprint density at radius 2 is 2.13 bits per heavy atom. The van der Waals surface area contributed by atoms with E-state index in [1.807, 2.05) is 6.92 Å². The number of nitrogens with zero attached hydrogens (tertiary/aromatic N) is 2. The number of nitro groups is 1. The largest absolute Gasteiger partial charge is 0.327 e. The lowest BCUT2D eigenvalue weighted by Crippen LogP contribution is -2.56. The quantitative estimate of drug-likeness (QED) is 0.652. The molecule has 3 N–H and O–H groups in total. The standard InChI is InChI=1S/C16H24N4O3/c1-11(19-9-8-14(17)16(2,3)10-19)15(21)18-12-6-4-5-7-13(12)20(22)23/h4-7,11,14H,8-10,17H2,1-3H3,(H,18,21). The Morgan fingerprint density at radius 3 is 2.74 bits per heavy atom. The molecule has 7 nitrogen and oxygen atoms in total. The number of amides is 1. The molecule has 1 aliphatic heterocycles. The average molecular weight is 320 g/mol. The van der Waals surface area contributed by atoms with Crippen LogP contribution >= 0.6 is 0 Å². The lowest BCUT2D eigenvalue weighted by molar-refractivity contribution is -0.383. The predicted octanol–water partition coefficient (Wildman–Crippen LogP) is 1.98. The van der Waals surface area contributed by atoms with Gasteiger partial charge in [0.15, 0.2) is 0 Å². The first-order chi connectivity index (χ1) is 10.7. The number of carbonyl (C=O) groups is 1. The van der Waals surface area contributed by atoms with Gasteiger partial charge < -0.3 is 11.1 Å². The van der Waals surface area contributed by atoms with Gasteiger partial charge in [-0.2, -0.15) is 0 Å². The van der Waals surface area contributed by atoms with E-state index in [1.54, 1.807) is 18.2 Å². The van der Waals surface area contributed by atoms with Gasteiger partial charge in [-0.1, -0.05) is 26.0 Å². The SMILES string of the molecule is CC(C(=O)Nc1ccccc1[N+](=O)[O-])N1CCC(N)C(C)(C)C1. The van der Waals surface area contributed by atoms with E-state index in [0.29, 0.717) is 0 Å². The molecule has 126 valence electrons. The molecule has 7 heteroatoms.